The van der Waals surface area contributed by atoms with Gasteiger partial charge in [0, 0.05) is 18.8 Å². The van der Waals surface area contributed by atoms with Crippen molar-refractivity contribution >= 4 is 23.7 Å². The highest BCUT2D eigenvalue weighted by Gasteiger charge is 2.48. The summed E-state index contributed by atoms with van der Waals surface area (Å²) in [5.41, 5.74) is 0.499. The van der Waals surface area contributed by atoms with Crippen LogP contribution in [-0.2, 0) is 33.0 Å². The molecule has 0 radical (unpaired) electrons. The Labute approximate surface area is 301 Å². The van der Waals surface area contributed by atoms with Gasteiger partial charge in [0.25, 0.3) is 0 Å². The second-order valence-corrected chi connectivity index (χ2v) is 12.2. The Morgan fingerprint density at radius 3 is 2.24 bits per heavy atom. The molecule has 11 nitrogen and oxygen atoms in total. The van der Waals surface area contributed by atoms with Crippen molar-refractivity contribution in [1.29, 1.82) is 0 Å². The summed E-state index contributed by atoms with van der Waals surface area (Å²) in [6.07, 6.45) is -16.5. The number of benzene rings is 2. The number of carboxylic acids is 1. The standard InChI is InChI=1S/C34H33F9N4O7/c1-3-31(44)15-23(22-14-20(33(38,39)40)7-8-25(22)47(31)30(51)54-17-32(35,36)37)28-45-16-26(53-9-5-6-27(48)52-4-2)24(46-28)12-18-10-19(29(49)50)13-21(11-18)34(41,42)43/h7-8,10-11,13-14,16,23H,3-6,9,12,15,17,44H2,1-2H3,(H,49,50)/t23-,31+/m0/s1. The summed E-state index contributed by atoms with van der Waals surface area (Å²) in [5, 5.41) is 9.50. The summed E-state index contributed by atoms with van der Waals surface area (Å²) in [6, 6.07) is 4.15. The van der Waals surface area contributed by atoms with Gasteiger partial charge in [-0.1, -0.05) is 6.92 Å². The number of halogens is 9. The number of alkyl halides is 9. The topological polar surface area (TPSA) is 154 Å². The SMILES string of the molecule is CCOC(=O)CCCOc1cnc([C@H]2C[C@@](N)(CC)N(C(=O)OCC(F)(F)F)c3ccc(C(F)(F)F)cc32)nc1Cc1cc(C(=O)O)cc(C(F)(F)F)c1. The van der Waals surface area contributed by atoms with Crippen molar-refractivity contribution in [1.82, 2.24) is 9.97 Å². The van der Waals surface area contributed by atoms with E-state index in [1.54, 1.807) is 6.92 Å². The molecule has 0 unspecified atom stereocenters. The van der Waals surface area contributed by atoms with E-state index in [1.165, 1.54) is 6.92 Å². The molecule has 2 atom stereocenters. The maximum atomic E-state index is 14.0. The smallest absolute Gasteiger partial charge is 0.422 e. The lowest BCUT2D eigenvalue weighted by molar-refractivity contribution is -0.160. The third kappa shape index (κ3) is 10.1. The zero-order valence-corrected chi connectivity index (χ0v) is 28.5. The normalized spacial score (nSPS) is 17.5. The van der Waals surface area contributed by atoms with E-state index in [9.17, 15) is 59.0 Å². The number of nitrogens with two attached hydrogens (primary N) is 1. The second-order valence-electron chi connectivity index (χ2n) is 12.2. The molecule has 3 N–H and O–H groups in total. The maximum absolute atomic E-state index is 14.0. The molecule has 1 aromatic heterocycles. The number of aromatic carboxylic acids is 1. The van der Waals surface area contributed by atoms with Crippen molar-refractivity contribution in [3.8, 4) is 5.75 Å². The number of carbonyl (C=O) groups excluding carboxylic acids is 2. The van der Waals surface area contributed by atoms with E-state index in [0.29, 0.717) is 29.2 Å². The number of aromatic nitrogens is 2. The van der Waals surface area contributed by atoms with Crippen molar-refractivity contribution in [3.05, 3.63) is 81.9 Å². The van der Waals surface area contributed by atoms with Crippen molar-refractivity contribution in [3.63, 3.8) is 0 Å². The number of carbonyl (C=O) groups is 3. The minimum atomic E-state index is -4.96. The minimum Gasteiger partial charge on any atom is -0.490 e. The molecule has 3 aromatic rings. The van der Waals surface area contributed by atoms with Crippen LogP contribution in [0.5, 0.6) is 5.75 Å². The Bertz CT molecular complexity index is 1870. The first kappa shape index (κ1) is 41.6. The maximum Gasteiger partial charge on any atom is 0.422 e. The molecule has 0 bridgehead atoms. The molecule has 4 rings (SSSR count). The number of nitrogens with zero attached hydrogens (tertiary/aromatic N) is 3. The van der Waals surface area contributed by atoms with Gasteiger partial charge in [-0.25, -0.2) is 19.6 Å². The highest BCUT2D eigenvalue weighted by atomic mass is 19.4. The number of amides is 1. The van der Waals surface area contributed by atoms with E-state index in [-0.39, 0.29) is 66.6 Å². The van der Waals surface area contributed by atoms with Crippen LogP contribution in [0.1, 0.15) is 89.6 Å². The van der Waals surface area contributed by atoms with E-state index in [0.717, 1.165) is 18.3 Å². The Morgan fingerprint density at radius 1 is 0.963 bits per heavy atom. The van der Waals surface area contributed by atoms with E-state index >= 15 is 0 Å². The second kappa shape index (κ2) is 16.1. The molecule has 54 heavy (non-hydrogen) atoms. The molecular weight excluding hydrogens is 747 g/mol. The van der Waals surface area contributed by atoms with Crippen LogP contribution < -0.4 is 15.4 Å². The van der Waals surface area contributed by atoms with Crippen molar-refractivity contribution < 1.29 is 73.2 Å². The average Bonchev–Trinajstić information content (AvgIpc) is 3.08. The first-order valence-electron chi connectivity index (χ1n) is 16.2. The number of ether oxygens (including phenoxy) is 3. The van der Waals surface area contributed by atoms with Gasteiger partial charge in [-0.05, 0) is 73.7 Å². The van der Waals surface area contributed by atoms with Gasteiger partial charge >= 0.3 is 36.6 Å². The average molecular weight is 781 g/mol. The quantitative estimate of drug-likeness (QED) is 0.107. The lowest BCUT2D eigenvalue weighted by atomic mass is 9.80. The zero-order chi connectivity index (χ0) is 40.2. The van der Waals surface area contributed by atoms with Crippen LogP contribution in [0.25, 0.3) is 0 Å². The third-order valence-corrected chi connectivity index (χ3v) is 8.31. The largest absolute Gasteiger partial charge is 0.490 e. The fourth-order valence-electron chi connectivity index (χ4n) is 5.77. The Kier molecular flexibility index (Phi) is 12.4. The summed E-state index contributed by atoms with van der Waals surface area (Å²) in [4.78, 5) is 45.9. The number of rotatable bonds is 12. The van der Waals surface area contributed by atoms with Crippen LogP contribution in [0, 0.1) is 0 Å². The summed E-state index contributed by atoms with van der Waals surface area (Å²) in [6.45, 7) is 1.01. The number of esters is 1. The minimum absolute atomic E-state index is 0.0738. The number of anilines is 1. The first-order chi connectivity index (χ1) is 25.1. The lowest BCUT2D eigenvalue weighted by Crippen LogP contribution is -2.62. The van der Waals surface area contributed by atoms with Crippen molar-refractivity contribution in [2.45, 2.75) is 76.1 Å². The van der Waals surface area contributed by atoms with Crippen LogP contribution in [-0.4, -0.2) is 64.8 Å². The van der Waals surface area contributed by atoms with Gasteiger partial charge in [0.05, 0.1) is 47.5 Å². The Balaban J connectivity index is 1.87. The molecule has 0 saturated carbocycles. The fraction of sp³-hybridized carbons (Fsp3) is 0.441. The molecule has 0 aliphatic carbocycles. The predicted molar refractivity (Wildman–Crippen MR) is 170 cm³/mol. The van der Waals surface area contributed by atoms with Crippen molar-refractivity contribution in [2.24, 2.45) is 5.73 Å². The van der Waals surface area contributed by atoms with Gasteiger partial charge in [0.15, 0.2) is 12.4 Å². The molecule has 0 fully saturated rings. The van der Waals surface area contributed by atoms with Gasteiger partial charge in [-0.15, -0.1) is 0 Å². The Hall–Kier alpha value is -5.14. The molecule has 0 spiro atoms. The predicted octanol–water partition coefficient (Wildman–Crippen LogP) is 7.63. The van der Waals surface area contributed by atoms with E-state index in [2.05, 4.69) is 14.7 Å². The van der Waals surface area contributed by atoms with Gasteiger partial charge in [0.1, 0.15) is 11.5 Å². The van der Waals surface area contributed by atoms with Crippen LogP contribution in [0.4, 0.5) is 50.0 Å². The zero-order valence-electron chi connectivity index (χ0n) is 28.5. The molecule has 2 aromatic carbocycles. The van der Waals surface area contributed by atoms with Gasteiger partial charge in [-0.2, -0.15) is 39.5 Å². The van der Waals surface area contributed by atoms with Gasteiger partial charge in [-0.3, -0.25) is 9.69 Å². The fourth-order valence-corrected chi connectivity index (χ4v) is 5.77. The molecule has 1 aliphatic heterocycles. The van der Waals surface area contributed by atoms with Gasteiger partial charge < -0.3 is 25.1 Å². The highest BCUT2D eigenvalue weighted by Crippen LogP contribution is 2.47. The number of fused-ring (bicyclic) bond motifs is 1. The molecule has 1 aliphatic rings. The van der Waals surface area contributed by atoms with Crippen LogP contribution in [0.3, 0.4) is 0 Å². The van der Waals surface area contributed by atoms with Crippen LogP contribution in [0.15, 0.2) is 42.6 Å². The monoisotopic (exact) mass is 780 g/mol. The van der Waals surface area contributed by atoms with Gasteiger partial charge in [0.2, 0.25) is 0 Å². The molecular formula is C34H33F9N4O7. The Morgan fingerprint density at radius 2 is 1.65 bits per heavy atom. The van der Waals surface area contributed by atoms with Crippen LogP contribution in [0.2, 0.25) is 0 Å². The summed E-state index contributed by atoms with van der Waals surface area (Å²) < 4.78 is 137. The summed E-state index contributed by atoms with van der Waals surface area (Å²) in [7, 11) is 0. The number of carboxylic acid groups (broad SMARTS) is 1. The number of hydrogen-bond acceptors (Lipinski definition) is 9. The van der Waals surface area contributed by atoms with Crippen molar-refractivity contribution in [2.75, 3.05) is 24.7 Å². The first-order valence-corrected chi connectivity index (χ1v) is 16.2. The molecule has 294 valence electrons. The molecule has 0 saturated heterocycles. The molecule has 1 amide bonds. The van der Waals surface area contributed by atoms with Crippen LogP contribution >= 0.6 is 0 Å². The number of hydrogen-bond donors (Lipinski definition) is 2. The lowest BCUT2D eigenvalue weighted by Gasteiger charge is -2.46. The van der Waals surface area contributed by atoms with E-state index < -0.39 is 84.3 Å². The summed E-state index contributed by atoms with van der Waals surface area (Å²) in [5.74, 6) is -3.90. The third-order valence-electron chi connectivity index (χ3n) is 8.31. The summed E-state index contributed by atoms with van der Waals surface area (Å²) >= 11 is 0. The molecule has 20 heteroatoms. The van der Waals surface area contributed by atoms with E-state index in [4.69, 9.17) is 15.2 Å². The van der Waals surface area contributed by atoms with E-state index in [1.807, 2.05) is 0 Å². The highest BCUT2D eigenvalue weighted by molar-refractivity contribution is 5.91. The molecule has 2 heterocycles.